The number of benzene rings is 1. The number of methoxy groups -OCH3 is 1. The van der Waals surface area contributed by atoms with Gasteiger partial charge in [-0.2, -0.15) is 4.31 Å². The summed E-state index contributed by atoms with van der Waals surface area (Å²) in [6.45, 7) is 5.98. The van der Waals surface area contributed by atoms with Gasteiger partial charge in [-0.15, -0.1) is 0 Å². The number of rotatable bonds is 9. The molecule has 1 aromatic rings. The van der Waals surface area contributed by atoms with E-state index < -0.39 is 10.0 Å². The summed E-state index contributed by atoms with van der Waals surface area (Å²) >= 11 is 0. The summed E-state index contributed by atoms with van der Waals surface area (Å²) < 4.78 is 37.9. The predicted octanol–water partition coefficient (Wildman–Crippen LogP) is 2.60. The highest BCUT2D eigenvalue weighted by Crippen LogP contribution is 2.29. The minimum absolute atomic E-state index is 0.0335. The minimum atomic E-state index is -3.66. The molecule has 0 unspecified atom stereocenters. The van der Waals surface area contributed by atoms with Crippen LogP contribution in [-0.2, 0) is 19.6 Å². The Morgan fingerprint density at radius 2 is 1.79 bits per heavy atom. The van der Waals surface area contributed by atoms with E-state index >= 15 is 0 Å². The SMILES string of the molecule is COc1cc(C)c(S(=O)(=O)N(C)CCOCC(=O)N(C)[C@@H]2CCC[C@H]2C)c(C)c1. The van der Waals surface area contributed by atoms with Crippen LogP contribution in [-0.4, -0.2) is 70.5 Å². The fourth-order valence-electron chi connectivity index (χ4n) is 4.05. The van der Waals surface area contributed by atoms with Gasteiger partial charge in [-0.05, 0) is 55.9 Å². The lowest BCUT2D eigenvalue weighted by Crippen LogP contribution is -2.41. The highest BCUT2D eigenvalue weighted by molar-refractivity contribution is 7.89. The van der Waals surface area contributed by atoms with Crippen molar-refractivity contribution in [3.63, 3.8) is 0 Å². The summed E-state index contributed by atoms with van der Waals surface area (Å²) in [4.78, 5) is 14.4. The first kappa shape index (κ1) is 23.6. The van der Waals surface area contributed by atoms with Crippen molar-refractivity contribution < 1.29 is 22.7 Å². The number of sulfonamides is 1. The molecule has 0 aliphatic heterocycles. The predicted molar refractivity (Wildman–Crippen MR) is 113 cm³/mol. The Morgan fingerprint density at radius 1 is 1.17 bits per heavy atom. The molecule has 0 spiro atoms. The molecule has 7 nitrogen and oxygen atoms in total. The second-order valence-electron chi connectivity index (χ2n) is 7.95. The van der Waals surface area contributed by atoms with Crippen LogP contribution in [0.3, 0.4) is 0 Å². The van der Waals surface area contributed by atoms with Gasteiger partial charge in [-0.25, -0.2) is 8.42 Å². The molecule has 29 heavy (non-hydrogen) atoms. The average Bonchev–Trinajstić information content (AvgIpc) is 3.09. The number of hydrogen-bond acceptors (Lipinski definition) is 5. The maximum atomic E-state index is 13.0. The summed E-state index contributed by atoms with van der Waals surface area (Å²) in [6, 6.07) is 3.70. The number of hydrogen-bond donors (Lipinski definition) is 0. The first-order valence-electron chi connectivity index (χ1n) is 10.0. The fraction of sp³-hybridized carbons (Fsp3) is 0.667. The average molecular weight is 427 g/mol. The van der Waals surface area contributed by atoms with Gasteiger partial charge in [0.1, 0.15) is 12.4 Å². The highest BCUT2D eigenvalue weighted by Gasteiger charge is 2.30. The molecule has 1 aliphatic rings. The van der Waals surface area contributed by atoms with Crippen LogP contribution in [0.4, 0.5) is 0 Å². The number of carbonyl (C=O) groups excluding carboxylic acids is 1. The van der Waals surface area contributed by atoms with Crippen LogP contribution in [0.5, 0.6) is 5.75 Å². The smallest absolute Gasteiger partial charge is 0.248 e. The highest BCUT2D eigenvalue weighted by atomic mass is 32.2. The third kappa shape index (κ3) is 5.49. The number of nitrogens with zero attached hydrogens (tertiary/aromatic N) is 2. The molecule has 0 bridgehead atoms. The first-order chi connectivity index (χ1) is 13.6. The molecule has 0 aromatic heterocycles. The fourth-order valence-corrected chi connectivity index (χ4v) is 5.61. The molecule has 164 valence electrons. The van der Waals surface area contributed by atoms with Crippen molar-refractivity contribution in [3.8, 4) is 5.75 Å². The van der Waals surface area contributed by atoms with Crippen molar-refractivity contribution in [1.29, 1.82) is 0 Å². The molecule has 0 saturated heterocycles. The molecule has 0 radical (unpaired) electrons. The normalized spacial score (nSPS) is 19.6. The van der Waals surface area contributed by atoms with Crippen molar-refractivity contribution in [2.75, 3.05) is 41.0 Å². The first-order valence-corrected chi connectivity index (χ1v) is 11.5. The van der Waals surface area contributed by atoms with E-state index in [4.69, 9.17) is 9.47 Å². The molecule has 1 fully saturated rings. The van der Waals surface area contributed by atoms with E-state index in [-0.39, 0.29) is 36.6 Å². The van der Waals surface area contributed by atoms with Crippen LogP contribution in [0.25, 0.3) is 0 Å². The molecule has 0 heterocycles. The van der Waals surface area contributed by atoms with Gasteiger partial charge in [0.15, 0.2) is 0 Å². The van der Waals surface area contributed by atoms with Crippen molar-refractivity contribution in [1.82, 2.24) is 9.21 Å². The zero-order valence-electron chi connectivity index (χ0n) is 18.4. The number of carbonyl (C=O) groups is 1. The van der Waals surface area contributed by atoms with Gasteiger partial charge < -0.3 is 14.4 Å². The van der Waals surface area contributed by atoms with E-state index in [2.05, 4.69) is 6.92 Å². The zero-order valence-corrected chi connectivity index (χ0v) is 19.2. The number of ether oxygens (including phenoxy) is 2. The van der Waals surface area contributed by atoms with Crippen molar-refractivity contribution in [2.24, 2.45) is 5.92 Å². The van der Waals surface area contributed by atoms with E-state index in [0.29, 0.717) is 22.8 Å². The monoisotopic (exact) mass is 426 g/mol. The molecule has 2 rings (SSSR count). The lowest BCUT2D eigenvalue weighted by molar-refractivity contribution is -0.137. The second kappa shape index (κ2) is 9.91. The number of amides is 1. The Hall–Kier alpha value is -1.64. The molecular weight excluding hydrogens is 392 g/mol. The lowest BCUT2D eigenvalue weighted by atomic mass is 10.1. The van der Waals surface area contributed by atoms with E-state index in [0.717, 1.165) is 19.3 Å². The number of aryl methyl sites for hydroxylation is 2. The van der Waals surface area contributed by atoms with Crippen LogP contribution in [0.15, 0.2) is 17.0 Å². The van der Waals surface area contributed by atoms with Gasteiger partial charge in [-0.1, -0.05) is 13.3 Å². The molecule has 8 heteroatoms. The van der Waals surface area contributed by atoms with Gasteiger partial charge in [-0.3, -0.25) is 4.79 Å². The van der Waals surface area contributed by atoms with Gasteiger partial charge >= 0.3 is 0 Å². The van der Waals surface area contributed by atoms with Crippen LogP contribution in [0.2, 0.25) is 0 Å². The summed E-state index contributed by atoms with van der Waals surface area (Å²) in [5, 5.41) is 0. The van der Waals surface area contributed by atoms with Crippen molar-refractivity contribution >= 4 is 15.9 Å². The Balaban J connectivity index is 1.90. The Labute approximate surface area is 175 Å². The van der Waals surface area contributed by atoms with Crippen LogP contribution >= 0.6 is 0 Å². The van der Waals surface area contributed by atoms with E-state index in [1.165, 1.54) is 11.4 Å². The standard InChI is InChI=1S/C21H34N2O5S/c1-15-8-7-9-19(15)23(5)20(24)14-28-11-10-22(4)29(25,26)21-16(2)12-18(27-6)13-17(21)3/h12-13,15,19H,7-11,14H2,1-6H3/t15-,19-/m1/s1. The van der Waals surface area contributed by atoms with E-state index in [9.17, 15) is 13.2 Å². The topological polar surface area (TPSA) is 76.1 Å². The minimum Gasteiger partial charge on any atom is -0.497 e. The molecular formula is C21H34N2O5S. The number of likely N-dealkylation sites (N-methyl/N-ethyl adjacent to an activating group) is 2. The lowest BCUT2D eigenvalue weighted by Gasteiger charge is -2.28. The Bertz CT molecular complexity index is 801. The summed E-state index contributed by atoms with van der Waals surface area (Å²) in [5.74, 6) is 1.08. The summed E-state index contributed by atoms with van der Waals surface area (Å²) in [6.07, 6.45) is 3.33. The van der Waals surface area contributed by atoms with E-state index in [1.54, 1.807) is 38.0 Å². The third-order valence-corrected chi connectivity index (χ3v) is 7.98. The maximum absolute atomic E-state index is 13.0. The third-order valence-electron chi connectivity index (χ3n) is 5.82. The molecule has 0 N–H and O–H groups in total. The van der Waals surface area contributed by atoms with Crippen LogP contribution in [0.1, 0.15) is 37.3 Å². The Kier molecular flexibility index (Phi) is 8.08. The molecule has 1 aliphatic carbocycles. The van der Waals surface area contributed by atoms with Crippen LogP contribution < -0.4 is 4.74 Å². The van der Waals surface area contributed by atoms with Crippen LogP contribution in [0, 0.1) is 19.8 Å². The molecule has 1 amide bonds. The van der Waals surface area contributed by atoms with Gasteiger partial charge in [0, 0.05) is 26.7 Å². The maximum Gasteiger partial charge on any atom is 0.248 e. The van der Waals surface area contributed by atoms with Gasteiger partial charge in [0.25, 0.3) is 0 Å². The van der Waals surface area contributed by atoms with Crippen molar-refractivity contribution in [3.05, 3.63) is 23.3 Å². The van der Waals surface area contributed by atoms with Crippen molar-refractivity contribution in [2.45, 2.75) is 51.0 Å². The van der Waals surface area contributed by atoms with Gasteiger partial charge in [0.05, 0.1) is 18.6 Å². The van der Waals surface area contributed by atoms with E-state index in [1.807, 2.05) is 7.05 Å². The Morgan fingerprint density at radius 3 is 2.31 bits per heavy atom. The largest absolute Gasteiger partial charge is 0.497 e. The quantitative estimate of drug-likeness (QED) is 0.568. The van der Waals surface area contributed by atoms with Gasteiger partial charge in [0.2, 0.25) is 15.9 Å². The molecule has 2 atom stereocenters. The zero-order chi connectivity index (χ0) is 21.8. The molecule has 1 aromatic carbocycles. The summed E-state index contributed by atoms with van der Waals surface area (Å²) in [5.41, 5.74) is 1.27. The second-order valence-corrected chi connectivity index (χ2v) is 9.93. The summed E-state index contributed by atoms with van der Waals surface area (Å²) in [7, 11) is 1.24. The molecule has 1 saturated carbocycles.